The Kier molecular flexibility index (Phi) is 3.78. The number of hydrogen-bond donors (Lipinski definition) is 2. The molecule has 1 saturated heterocycles. The molecular weight excluding hydrogens is 264 g/mol. The maximum atomic E-state index is 11.9. The molecule has 108 valence electrons. The Morgan fingerprint density at radius 1 is 1.50 bits per heavy atom. The van der Waals surface area contributed by atoms with E-state index in [4.69, 9.17) is 9.52 Å². The van der Waals surface area contributed by atoms with E-state index in [0.29, 0.717) is 13.0 Å². The van der Waals surface area contributed by atoms with Crippen LogP contribution in [-0.2, 0) is 9.59 Å². The van der Waals surface area contributed by atoms with Crippen LogP contribution in [0.15, 0.2) is 22.8 Å². The van der Waals surface area contributed by atoms with Crippen LogP contribution in [0.5, 0.6) is 0 Å². The van der Waals surface area contributed by atoms with Crippen LogP contribution < -0.4 is 5.32 Å². The quantitative estimate of drug-likeness (QED) is 0.828. The molecule has 1 aromatic rings. The topological polar surface area (TPSA) is 99.9 Å². The van der Waals surface area contributed by atoms with Crippen molar-refractivity contribution in [1.82, 2.24) is 10.2 Å². The van der Waals surface area contributed by atoms with Gasteiger partial charge >= 0.3 is 5.97 Å². The normalized spacial score (nSPS) is 21.8. The van der Waals surface area contributed by atoms with Crippen molar-refractivity contribution in [3.8, 4) is 0 Å². The van der Waals surface area contributed by atoms with E-state index in [-0.39, 0.29) is 24.8 Å². The molecule has 1 unspecified atom stereocenters. The molecule has 7 heteroatoms. The molecule has 2 N–H and O–H groups in total. The second kappa shape index (κ2) is 5.36. The zero-order chi connectivity index (χ0) is 14.8. The number of rotatable bonds is 4. The smallest absolute Gasteiger partial charge is 0.311 e. The number of carbonyl (C=O) groups excluding carboxylic acids is 2. The summed E-state index contributed by atoms with van der Waals surface area (Å²) < 4.78 is 4.90. The molecule has 7 nitrogen and oxygen atoms in total. The molecule has 0 aliphatic carbocycles. The molecule has 0 spiro atoms. The second-order valence-corrected chi connectivity index (χ2v) is 5.09. The molecule has 0 aromatic carbocycles. The molecule has 0 radical (unpaired) electrons. The van der Waals surface area contributed by atoms with Crippen LogP contribution in [0.25, 0.3) is 0 Å². The van der Waals surface area contributed by atoms with Crippen molar-refractivity contribution in [3.05, 3.63) is 24.2 Å². The van der Waals surface area contributed by atoms with Gasteiger partial charge in [-0.25, -0.2) is 0 Å². The van der Waals surface area contributed by atoms with Gasteiger partial charge in [-0.05, 0) is 25.5 Å². The van der Waals surface area contributed by atoms with E-state index in [1.807, 2.05) is 0 Å². The number of aliphatic carboxylic acids is 1. The number of likely N-dealkylation sites (tertiary alicyclic amines) is 1. The van der Waals surface area contributed by atoms with Crippen LogP contribution in [0.4, 0.5) is 0 Å². The second-order valence-electron chi connectivity index (χ2n) is 5.09. The average molecular weight is 280 g/mol. The van der Waals surface area contributed by atoms with Crippen LogP contribution in [0.3, 0.4) is 0 Å². The molecule has 2 amide bonds. The number of furan rings is 1. The van der Waals surface area contributed by atoms with Crippen molar-refractivity contribution in [2.24, 2.45) is 5.41 Å². The van der Waals surface area contributed by atoms with Crippen LogP contribution in [0.2, 0.25) is 0 Å². The summed E-state index contributed by atoms with van der Waals surface area (Å²) in [6, 6.07) is 3.08. The predicted octanol–water partition coefficient (Wildman–Crippen LogP) is 0.333. The maximum Gasteiger partial charge on any atom is 0.311 e. The molecular formula is C13H16N2O5. The first-order chi connectivity index (χ1) is 9.42. The average Bonchev–Trinajstić information content (AvgIpc) is 3.05. The van der Waals surface area contributed by atoms with Gasteiger partial charge in [0.15, 0.2) is 5.76 Å². The summed E-state index contributed by atoms with van der Waals surface area (Å²) in [5, 5.41) is 11.5. The highest BCUT2D eigenvalue weighted by Crippen LogP contribution is 2.29. The van der Waals surface area contributed by atoms with Gasteiger partial charge in [-0.2, -0.15) is 0 Å². The van der Waals surface area contributed by atoms with Gasteiger partial charge in [-0.3, -0.25) is 14.4 Å². The van der Waals surface area contributed by atoms with Crippen molar-refractivity contribution in [1.29, 1.82) is 0 Å². The van der Waals surface area contributed by atoms with Gasteiger partial charge in [0, 0.05) is 13.1 Å². The summed E-state index contributed by atoms with van der Waals surface area (Å²) in [5.74, 6) is -1.54. The van der Waals surface area contributed by atoms with Crippen molar-refractivity contribution in [2.45, 2.75) is 13.3 Å². The molecule has 2 heterocycles. The number of carbonyl (C=O) groups is 3. The molecule has 2 rings (SSSR count). The molecule has 0 bridgehead atoms. The van der Waals surface area contributed by atoms with Crippen molar-refractivity contribution in [2.75, 3.05) is 19.6 Å². The lowest BCUT2D eigenvalue weighted by Gasteiger charge is -2.20. The fourth-order valence-corrected chi connectivity index (χ4v) is 2.11. The predicted molar refractivity (Wildman–Crippen MR) is 68.0 cm³/mol. The summed E-state index contributed by atoms with van der Waals surface area (Å²) in [7, 11) is 0. The number of carboxylic acids is 1. The van der Waals surface area contributed by atoms with Crippen molar-refractivity contribution < 1.29 is 23.9 Å². The number of hydrogen-bond acceptors (Lipinski definition) is 4. The van der Waals surface area contributed by atoms with E-state index < -0.39 is 17.3 Å². The summed E-state index contributed by atoms with van der Waals surface area (Å²) in [5.41, 5.74) is -0.902. The van der Waals surface area contributed by atoms with Crippen LogP contribution in [-0.4, -0.2) is 47.4 Å². The zero-order valence-corrected chi connectivity index (χ0v) is 11.1. The highest BCUT2D eigenvalue weighted by molar-refractivity contribution is 5.94. The van der Waals surface area contributed by atoms with E-state index >= 15 is 0 Å². The lowest BCUT2D eigenvalue weighted by molar-refractivity contribution is -0.147. The van der Waals surface area contributed by atoms with Gasteiger partial charge in [0.1, 0.15) is 0 Å². The number of amides is 2. The molecule has 0 saturated carbocycles. The lowest BCUT2D eigenvalue weighted by Crippen LogP contribution is -2.40. The fourth-order valence-electron chi connectivity index (χ4n) is 2.11. The summed E-state index contributed by atoms with van der Waals surface area (Å²) >= 11 is 0. The van der Waals surface area contributed by atoms with E-state index in [2.05, 4.69) is 5.32 Å². The van der Waals surface area contributed by atoms with Crippen molar-refractivity contribution >= 4 is 17.8 Å². The highest BCUT2D eigenvalue weighted by Gasteiger charge is 2.41. The van der Waals surface area contributed by atoms with Crippen molar-refractivity contribution in [3.63, 3.8) is 0 Å². The third kappa shape index (κ3) is 2.81. The van der Waals surface area contributed by atoms with Gasteiger partial charge in [-0.15, -0.1) is 0 Å². The molecule has 1 aliphatic heterocycles. The minimum atomic E-state index is -0.910. The first-order valence-electron chi connectivity index (χ1n) is 6.25. The number of carboxylic acid groups (broad SMARTS) is 1. The molecule has 20 heavy (non-hydrogen) atoms. The molecule has 1 aliphatic rings. The standard InChI is InChI=1S/C13H16N2O5/c1-13(12(18)19)4-5-15(8-13)10(16)7-14-11(17)9-3-2-6-20-9/h2-3,6H,4-5,7-8H2,1H3,(H,14,17)(H,18,19). The van der Waals surface area contributed by atoms with Gasteiger partial charge < -0.3 is 19.7 Å². The number of nitrogens with one attached hydrogen (secondary N) is 1. The Morgan fingerprint density at radius 2 is 2.25 bits per heavy atom. The first-order valence-corrected chi connectivity index (χ1v) is 6.25. The molecule has 1 aromatic heterocycles. The van der Waals surface area contributed by atoms with Crippen LogP contribution in [0, 0.1) is 5.41 Å². The van der Waals surface area contributed by atoms with Gasteiger partial charge in [0.05, 0.1) is 18.2 Å². The Balaban J connectivity index is 1.85. The highest BCUT2D eigenvalue weighted by atomic mass is 16.4. The largest absolute Gasteiger partial charge is 0.481 e. The minimum Gasteiger partial charge on any atom is -0.481 e. The zero-order valence-electron chi connectivity index (χ0n) is 11.1. The fraction of sp³-hybridized carbons (Fsp3) is 0.462. The summed E-state index contributed by atoms with van der Waals surface area (Å²) in [6.45, 7) is 2.00. The first kappa shape index (κ1) is 14.1. The third-order valence-electron chi connectivity index (χ3n) is 3.49. The Hall–Kier alpha value is -2.31. The number of nitrogens with zero attached hydrogens (tertiary/aromatic N) is 1. The third-order valence-corrected chi connectivity index (χ3v) is 3.49. The van der Waals surface area contributed by atoms with Gasteiger partial charge in [0.25, 0.3) is 5.91 Å². The molecule has 1 fully saturated rings. The SMILES string of the molecule is CC1(C(=O)O)CCN(C(=O)CNC(=O)c2ccco2)C1. The Bertz CT molecular complexity index is 525. The molecule has 1 atom stereocenters. The van der Waals surface area contributed by atoms with Crippen LogP contribution in [0.1, 0.15) is 23.9 Å². The Labute approximate surface area is 115 Å². The van der Waals surface area contributed by atoms with E-state index in [0.717, 1.165) is 0 Å². The lowest BCUT2D eigenvalue weighted by atomic mass is 9.90. The summed E-state index contributed by atoms with van der Waals surface area (Å²) in [4.78, 5) is 36.1. The minimum absolute atomic E-state index is 0.134. The van der Waals surface area contributed by atoms with E-state index in [9.17, 15) is 14.4 Å². The van der Waals surface area contributed by atoms with Crippen LogP contribution >= 0.6 is 0 Å². The maximum absolute atomic E-state index is 11.9. The van der Waals surface area contributed by atoms with Gasteiger partial charge in [0.2, 0.25) is 5.91 Å². The Morgan fingerprint density at radius 3 is 2.80 bits per heavy atom. The van der Waals surface area contributed by atoms with E-state index in [1.54, 1.807) is 13.0 Å². The monoisotopic (exact) mass is 280 g/mol. The van der Waals surface area contributed by atoms with E-state index in [1.165, 1.54) is 17.2 Å². The van der Waals surface area contributed by atoms with Gasteiger partial charge in [-0.1, -0.05) is 0 Å². The summed E-state index contributed by atoms with van der Waals surface area (Å²) in [6.07, 6.45) is 1.79.